The van der Waals surface area contributed by atoms with Gasteiger partial charge in [-0.05, 0) is 62.3 Å². The van der Waals surface area contributed by atoms with Gasteiger partial charge in [-0.2, -0.15) is 0 Å². The van der Waals surface area contributed by atoms with Crippen LogP contribution < -0.4 is 0 Å². The smallest absolute Gasteiger partial charge is 0.0626 e. The van der Waals surface area contributed by atoms with E-state index in [1.54, 1.807) is 0 Å². The zero-order valence-electron chi connectivity index (χ0n) is 19.5. The number of hydrogen-bond donors (Lipinski definition) is 0. The van der Waals surface area contributed by atoms with E-state index in [-0.39, 0.29) is 0 Å². The SMILES string of the molecule is c1ccc(-c2ccc(-n3c4ccc5ccsc5c4c4c5ccccc5c5ccccc5c43)cc2)cc1. The Morgan fingerprint density at radius 3 is 1.89 bits per heavy atom. The summed E-state index contributed by atoms with van der Waals surface area (Å²) in [6.07, 6.45) is 0. The van der Waals surface area contributed by atoms with Crippen molar-refractivity contribution in [2.45, 2.75) is 0 Å². The molecule has 0 aliphatic carbocycles. The Morgan fingerprint density at radius 1 is 0.472 bits per heavy atom. The number of thiophene rings is 1. The molecule has 0 saturated carbocycles. The average molecular weight is 476 g/mol. The first-order valence-electron chi connectivity index (χ1n) is 12.3. The summed E-state index contributed by atoms with van der Waals surface area (Å²) in [6.45, 7) is 0. The molecule has 0 radical (unpaired) electrons. The first kappa shape index (κ1) is 19.9. The molecule has 0 fully saturated rings. The monoisotopic (exact) mass is 475 g/mol. The van der Waals surface area contributed by atoms with Crippen LogP contribution in [0.15, 0.2) is 127 Å². The lowest BCUT2D eigenvalue weighted by Crippen LogP contribution is -1.95. The fraction of sp³-hybridized carbons (Fsp3) is 0. The van der Waals surface area contributed by atoms with Crippen LogP contribution >= 0.6 is 11.3 Å². The zero-order chi connectivity index (χ0) is 23.6. The first-order valence-corrected chi connectivity index (χ1v) is 13.2. The highest BCUT2D eigenvalue weighted by Crippen LogP contribution is 2.45. The molecule has 0 amide bonds. The lowest BCUT2D eigenvalue weighted by atomic mass is 9.96. The van der Waals surface area contributed by atoms with Gasteiger partial charge >= 0.3 is 0 Å². The van der Waals surface area contributed by atoms with E-state index in [1.165, 1.54) is 70.3 Å². The molecule has 0 bridgehead atoms. The molecule has 8 aromatic rings. The van der Waals surface area contributed by atoms with E-state index in [2.05, 4.69) is 131 Å². The molecule has 6 aromatic carbocycles. The topological polar surface area (TPSA) is 4.93 Å². The normalized spacial score (nSPS) is 11.9. The van der Waals surface area contributed by atoms with E-state index in [0.717, 1.165) is 0 Å². The van der Waals surface area contributed by atoms with Gasteiger partial charge in [0.2, 0.25) is 0 Å². The van der Waals surface area contributed by atoms with Crippen LogP contribution in [0.2, 0.25) is 0 Å². The van der Waals surface area contributed by atoms with E-state index in [9.17, 15) is 0 Å². The van der Waals surface area contributed by atoms with Crippen molar-refractivity contribution >= 4 is 64.8 Å². The van der Waals surface area contributed by atoms with Crippen molar-refractivity contribution in [1.82, 2.24) is 4.57 Å². The predicted molar refractivity (Wildman–Crippen MR) is 157 cm³/mol. The maximum Gasteiger partial charge on any atom is 0.0626 e. The third-order valence-electron chi connectivity index (χ3n) is 7.45. The van der Waals surface area contributed by atoms with Crippen molar-refractivity contribution in [2.75, 3.05) is 0 Å². The minimum Gasteiger partial charge on any atom is -0.309 e. The van der Waals surface area contributed by atoms with Crippen LogP contribution in [0.5, 0.6) is 0 Å². The Kier molecular flexibility index (Phi) is 4.16. The van der Waals surface area contributed by atoms with Crippen LogP contribution in [0, 0.1) is 0 Å². The van der Waals surface area contributed by atoms with Crippen molar-refractivity contribution in [3.05, 3.63) is 127 Å². The fourth-order valence-electron chi connectivity index (χ4n) is 5.88. The highest BCUT2D eigenvalue weighted by atomic mass is 32.1. The van der Waals surface area contributed by atoms with Gasteiger partial charge in [0.25, 0.3) is 0 Å². The van der Waals surface area contributed by atoms with E-state index in [0.29, 0.717) is 0 Å². The Bertz CT molecular complexity index is 2080. The minimum atomic E-state index is 1.19. The van der Waals surface area contributed by atoms with E-state index < -0.39 is 0 Å². The Morgan fingerprint density at radius 2 is 1.11 bits per heavy atom. The first-order chi connectivity index (χ1) is 17.9. The molecule has 1 nitrogen and oxygen atoms in total. The van der Waals surface area contributed by atoms with Gasteiger partial charge in [-0.3, -0.25) is 0 Å². The van der Waals surface area contributed by atoms with Crippen molar-refractivity contribution in [2.24, 2.45) is 0 Å². The van der Waals surface area contributed by atoms with Crippen LogP contribution in [0.3, 0.4) is 0 Å². The number of rotatable bonds is 2. The molecule has 0 unspecified atom stereocenters. The number of hydrogen-bond acceptors (Lipinski definition) is 1. The number of aromatic nitrogens is 1. The fourth-order valence-corrected chi connectivity index (χ4v) is 6.83. The second-order valence-corrected chi connectivity index (χ2v) is 10.3. The molecule has 8 rings (SSSR count). The summed E-state index contributed by atoms with van der Waals surface area (Å²) in [4.78, 5) is 0. The van der Waals surface area contributed by atoms with E-state index in [1.807, 2.05) is 11.3 Å². The summed E-state index contributed by atoms with van der Waals surface area (Å²) in [6, 6.07) is 44.2. The van der Waals surface area contributed by atoms with Gasteiger partial charge in [-0.1, -0.05) is 97.1 Å². The van der Waals surface area contributed by atoms with Gasteiger partial charge in [-0.25, -0.2) is 0 Å². The molecule has 168 valence electrons. The molecule has 2 aromatic heterocycles. The van der Waals surface area contributed by atoms with E-state index in [4.69, 9.17) is 0 Å². The molecule has 0 N–H and O–H groups in total. The quantitative estimate of drug-likeness (QED) is 0.219. The molecule has 0 spiro atoms. The number of nitrogens with zero attached hydrogens (tertiary/aromatic N) is 1. The average Bonchev–Trinajstić information content (AvgIpc) is 3.57. The predicted octanol–water partition coefficient (Wildman–Crippen LogP) is 9.97. The minimum absolute atomic E-state index is 1.19. The third-order valence-corrected chi connectivity index (χ3v) is 8.40. The van der Waals surface area contributed by atoms with Crippen molar-refractivity contribution in [1.29, 1.82) is 0 Å². The van der Waals surface area contributed by atoms with Gasteiger partial charge < -0.3 is 4.57 Å². The zero-order valence-corrected chi connectivity index (χ0v) is 20.3. The largest absolute Gasteiger partial charge is 0.309 e. The third kappa shape index (κ3) is 2.71. The highest BCUT2D eigenvalue weighted by molar-refractivity contribution is 7.18. The molecule has 2 heteroatoms. The molecule has 0 aliphatic heterocycles. The molecule has 0 atom stereocenters. The molecule has 36 heavy (non-hydrogen) atoms. The molecule has 0 saturated heterocycles. The Balaban J connectivity index is 1.57. The molecular formula is C34H21NS. The molecule has 0 aliphatic rings. The van der Waals surface area contributed by atoms with Gasteiger partial charge in [0.1, 0.15) is 0 Å². The van der Waals surface area contributed by atoms with Crippen LogP contribution in [0.4, 0.5) is 0 Å². The summed E-state index contributed by atoms with van der Waals surface area (Å²) in [5, 5.41) is 11.4. The second-order valence-electron chi connectivity index (χ2n) is 9.36. The van der Waals surface area contributed by atoms with Crippen LogP contribution in [0.25, 0.3) is 70.3 Å². The van der Waals surface area contributed by atoms with Crippen molar-refractivity contribution < 1.29 is 0 Å². The summed E-state index contributed by atoms with van der Waals surface area (Å²) < 4.78 is 3.84. The lowest BCUT2D eigenvalue weighted by Gasteiger charge is -2.12. The highest BCUT2D eigenvalue weighted by Gasteiger charge is 2.20. The second kappa shape index (κ2) is 7.55. The Labute approximate surface area is 212 Å². The Hall–Kier alpha value is -4.40. The summed E-state index contributed by atoms with van der Waals surface area (Å²) in [5.74, 6) is 0. The molecular weight excluding hydrogens is 454 g/mol. The lowest BCUT2D eigenvalue weighted by molar-refractivity contribution is 1.19. The van der Waals surface area contributed by atoms with Crippen molar-refractivity contribution in [3.63, 3.8) is 0 Å². The van der Waals surface area contributed by atoms with Crippen LogP contribution in [-0.4, -0.2) is 4.57 Å². The van der Waals surface area contributed by atoms with Crippen LogP contribution in [-0.2, 0) is 0 Å². The number of fused-ring (bicyclic) bond motifs is 10. The van der Waals surface area contributed by atoms with Crippen molar-refractivity contribution in [3.8, 4) is 16.8 Å². The number of benzene rings is 6. The maximum atomic E-state index is 2.48. The summed E-state index contributed by atoms with van der Waals surface area (Å²) >= 11 is 1.84. The van der Waals surface area contributed by atoms with Gasteiger partial charge in [0.05, 0.1) is 11.0 Å². The standard InChI is InChI=1S/C34H21NS/c1-2-8-22(9-3-1)23-14-17-25(18-15-23)35-30-19-16-24-20-21-36-34(24)32(30)31-28-12-6-4-10-26(28)27-11-5-7-13-29(27)33(31)35/h1-21H. The van der Waals surface area contributed by atoms with E-state index >= 15 is 0 Å². The maximum absolute atomic E-state index is 2.48. The summed E-state index contributed by atoms with van der Waals surface area (Å²) in [7, 11) is 0. The van der Waals surface area contributed by atoms with Crippen LogP contribution in [0.1, 0.15) is 0 Å². The molecule has 2 heterocycles. The van der Waals surface area contributed by atoms with Gasteiger partial charge in [0.15, 0.2) is 0 Å². The summed E-state index contributed by atoms with van der Waals surface area (Å²) in [5.41, 5.74) is 6.20. The van der Waals surface area contributed by atoms with Gasteiger partial charge in [-0.15, -0.1) is 11.3 Å². The van der Waals surface area contributed by atoms with Gasteiger partial charge in [0, 0.05) is 26.5 Å².